The van der Waals surface area contributed by atoms with Crippen LogP contribution in [0.25, 0.3) is 10.9 Å². The van der Waals surface area contributed by atoms with Gasteiger partial charge in [-0.1, -0.05) is 36.4 Å². The maximum Gasteiger partial charge on any atom is 0.119 e. The Labute approximate surface area is 123 Å². The van der Waals surface area contributed by atoms with E-state index in [1.807, 2.05) is 61.5 Å². The third-order valence-electron chi connectivity index (χ3n) is 3.47. The maximum atomic E-state index is 10.6. The Morgan fingerprint density at radius 2 is 1.81 bits per heavy atom. The molecule has 0 fully saturated rings. The second-order valence-corrected chi connectivity index (χ2v) is 4.83. The van der Waals surface area contributed by atoms with E-state index in [-0.39, 0.29) is 0 Å². The van der Waals surface area contributed by atoms with Crippen molar-refractivity contribution in [1.82, 2.24) is 4.98 Å². The molecule has 21 heavy (non-hydrogen) atoms. The molecule has 1 unspecified atom stereocenters. The van der Waals surface area contributed by atoms with E-state index in [9.17, 15) is 5.11 Å². The minimum atomic E-state index is -0.695. The molecule has 0 aliphatic rings. The van der Waals surface area contributed by atoms with Crippen molar-refractivity contribution in [2.24, 2.45) is 0 Å². The van der Waals surface area contributed by atoms with Gasteiger partial charge in [0, 0.05) is 17.1 Å². The monoisotopic (exact) mass is 279 g/mol. The van der Waals surface area contributed by atoms with E-state index >= 15 is 0 Å². The summed E-state index contributed by atoms with van der Waals surface area (Å²) in [7, 11) is 0. The summed E-state index contributed by atoms with van der Waals surface area (Å²) in [6.45, 7) is 2.58. The Morgan fingerprint density at radius 3 is 2.57 bits per heavy atom. The molecule has 0 saturated heterocycles. The topological polar surface area (TPSA) is 42.4 Å². The summed E-state index contributed by atoms with van der Waals surface area (Å²) in [5.41, 5.74) is 2.48. The van der Waals surface area contributed by atoms with Crippen molar-refractivity contribution in [1.29, 1.82) is 0 Å². The number of pyridine rings is 1. The fraction of sp³-hybridized carbons (Fsp3) is 0.167. The van der Waals surface area contributed by atoms with Gasteiger partial charge in [0.1, 0.15) is 11.9 Å². The lowest BCUT2D eigenvalue weighted by atomic mass is 9.99. The highest BCUT2D eigenvalue weighted by Crippen LogP contribution is 2.28. The summed E-state index contributed by atoms with van der Waals surface area (Å²) in [5, 5.41) is 11.7. The smallest absolute Gasteiger partial charge is 0.119 e. The molecule has 0 aliphatic carbocycles. The summed E-state index contributed by atoms with van der Waals surface area (Å²) in [5.74, 6) is 0.810. The molecule has 3 heteroatoms. The van der Waals surface area contributed by atoms with Gasteiger partial charge in [0.05, 0.1) is 12.1 Å². The van der Waals surface area contributed by atoms with Crippen LogP contribution in [0.3, 0.4) is 0 Å². The van der Waals surface area contributed by atoms with E-state index in [0.717, 1.165) is 27.8 Å². The normalized spacial score (nSPS) is 12.3. The standard InChI is InChI=1S/C18H17NO2/c1-2-21-15-10-8-14(9-11-15)18(20)16-7-3-5-13-6-4-12-19-17(13)16/h3-12,18,20H,2H2,1H3. The first kappa shape index (κ1) is 13.6. The molecule has 0 saturated carbocycles. The van der Waals surface area contributed by atoms with E-state index in [1.165, 1.54) is 0 Å². The van der Waals surface area contributed by atoms with Crippen molar-refractivity contribution in [3.63, 3.8) is 0 Å². The van der Waals surface area contributed by atoms with Crippen molar-refractivity contribution < 1.29 is 9.84 Å². The highest BCUT2D eigenvalue weighted by Gasteiger charge is 2.14. The highest BCUT2D eigenvalue weighted by molar-refractivity contribution is 5.82. The zero-order valence-electron chi connectivity index (χ0n) is 11.9. The summed E-state index contributed by atoms with van der Waals surface area (Å²) >= 11 is 0. The summed E-state index contributed by atoms with van der Waals surface area (Å²) in [6, 6.07) is 17.3. The number of fused-ring (bicyclic) bond motifs is 1. The number of para-hydroxylation sites is 1. The highest BCUT2D eigenvalue weighted by atomic mass is 16.5. The van der Waals surface area contributed by atoms with E-state index in [2.05, 4.69) is 4.98 Å². The third-order valence-corrected chi connectivity index (χ3v) is 3.47. The zero-order valence-corrected chi connectivity index (χ0v) is 11.9. The molecule has 0 amide bonds. The molecule has 106 valence electrons. The van der Waals surface area contributed by atoms with Crippen LogP contribution in [0.15, 0.2) is 60.8 Å². The van der Waals surface area contributed by atoms with Crippen LogP contribution in [0.5, 0.6) is 5.75 Å². The van der Waals surface area contributed by atoms with Gasteiger partial charge < -0.3 is 9.84 Å². The molecule has 0 spiro atoms. The Bertz CT molecular complexity index is 732. The number of hydrogen-bond donors (Lipinski definition) is 1. The Kier molecular flexibility index (Phi) is 3.84. The quantitative estimate of drug-likeness (QED) is 0.791. The van der Waals surface area contributed by atoms with Crippen LogP contribution in [-0.2, 0) is 0 Å². The number of benzene rings is 2. The Hall–Kier alpha value is -2.39. The molecule has 1 atom stereocenters. The fourth-order valence-corrected chi connectivity index (χ4v) is 2.44. The Morgan fingerprint density at radius 1 is 1.05 bits per heavy atom. The van der Waals surface area contributed by atoms with Crippen LogP contribution in [0.2, 0.25) is 0 Å². The number of aliphatic hydroxyl groups excluding tert-OH is 1. The summed E-state index contributed by atoms with van der Waals surface area (Å²) < 4.78 is 5.42. The van der Waals surface area contributed by atoms with Crippen LogP contribution in [0.4, 0.5) is 0 Å². The number of aromatic nitrogens is 1. The second kappa shape index (κ2) is 5.94. The molecule has 0 aliphatic heterocycles. The number of ether oxygens (including phenoxy) is 1. The molecule has 3 aromatic rings. The van der Waals surface area contributed by atoms with Crippen LogP contribution < -0.4 is 4.74 Å². The summed E-state index contributed by atoms with van der Waals surface area (Å²) in [4.78, 5) is 4.39. The molecule has 0 radical (unpaired) electrons. The van der Waals surface area contributed by atoms with Crippen molar-refractivity contribution in [2.75, 3.05) is 6.61 Å². The van der Waals surface area contributed by atoms with Gasteiger partial charge in [0.2, 0.25) is 0 Å². The molecule has 0 bridgehead atoms. The largest absolute Gasteiger partial charge is 0.494 e. The Balaban J connectivity index is 1.98. The van der Waals surface area contributed by atoms with Gasteiger partial charge in [-0.2, -0.15) is 0 Å². The molecule has 3 nitrogen and oxygen atoms in total. The van der Waals surface area contributed by atoms with Gasteiger partial charge in [0.25, 0.3) is 0 Å². The van der Waals surface area contributed by atoms with Gasteiger partial charge >= 0.3 is 0 Å². The van der Waals surface area contributed by atoms with Gasteiger partial charge in [-0.3, -0.25) is 4.98 Å². The average molecular weight is 279 g/mol. The van der Waals surface area contributed by atoms with E-state index < -0.39 is 6.10 Å². The van der Waals surface area contributed by atoms with Crippen molar-refractivity contribution in [3.05, 3.63) is 71.9 Å². The zero-order chi connectivity index (χ0) is 14.7. The number of hydrogen-bond acceptors (Lipinski definition) is 3. The predicted octanol–water partition coefficient (Wildman–Crippen LogP) is 3.72. The van der Waals surface area contributed by atoms with E-state index in [4.69, 9.17) is 4.74 Å². The van der Waals surface area contributed by atoms with Gasteiger partial charge in [-0.05, 0) is 30.7 Å². The van der Waals surface area contributed by atoms with Crippen molar-refractivity contribution in [2.45, 2.75) is 13.0 Å². The molecular weight excluding hydrogens is 262 g/mol. The van der Waals surface area contributed by atoms with Crippen molar-refractivity contribution in [3.8, 4) is 5.75 Å². The molecule has 3 rings (SSSR count). The van der Waals surface area contributed by atoms with Crippen LogP contribution in [0, 0.1) is 0 Å². The number of aliphatic hydroxyl groups is 1. The second-order valence-electron chi connectivity index (χ2n) is 4.83. The van der Waals surface area contributed by atoms with E-state index in [0.29, 0.717) is 6.61 Å². The maximum absolute atomic E-state index is 10.6. The molecule has 1 heterocycles. The lowest BCUT2D eigenvalue weighted by Gasteiger charge is -2.14. The summed E-state index contributed by atoms with van der Waals surface area (Å²) in [6.07, 6.45) is 1.05. The minimum Gasteiger partial charge on any atom is -0.494 e. The first-order chi connectivity index (χ1) is 10.3. The van der Waals surface area contributed by atoms with Crippen LogP contribution >= 0.6 is 0 Å². The fourth-order valence-electron chi connectivity index (χ4n) is 2.44. The SMILES string of the molecule is CCOc1ccc(C(O)c2cccc3cccnc23)cc1. The van der Waals surface area contributed by atoms with Crippen molar-refractivity contribution >= 4 is 10.9 Å². The van der Waals surface area contributed by atoms with Gasteiger partial charge in [0.15, 0.2) is 0 Å². The molecular formula is C18H17NO2. The first-order valence-electron chi connectivity index (χ1n) is 7.04. The number of nitrogens with zero attached hydrogens (tertiary/aromatic N) is 1. The molecule has 2 aromatic carbocycles. The average Bonchev–Trinajstić information content (AvgIpc) is 2.55. The minimum absolute atomic E-state index is 0.634. The predicted molar refractivity (Wildman–Crippen MR) is 83.4 cm³/mol. The third kappa shape index (κ3) is 2.73. The first-order valence-corrected chi connectivity index (χ1v) is 7.04. The van der Waals surface area contributed by atoms with Gasteiger partial charge in [-0.15, -0.1) is 0 Å². The molecule has 1 aromatic heterocycles. The van der Waals surface area contributed by atoms with Gasteiger partial charge in [-0.25, -0.2) is 0 Å². The van der Waals surface area contributed by atoms with E-state index in [1.54, 1.807) is 6.20 Å². The number of rotatable bonds is 4. The lowest BCUT2D eigenvalue weighted by molar-refractivity contribution is 0.221. The molecule has 1 N–H and O–H groups in total. The lowest BCUT2D eigenvalue weighted by Crippen LogP contribution is -2.01. The van der Waals surface area contributed by atoms with Crippen LogP contribution in [0.1, 0.15) is 24.2 Å². The van der Waals surface area contributed by atoms with Crippen LogP contribution in [-0.4, -0.2) is 16.7 Å².